The Morgan fingerprint density at radius 1 is 1.15 bits per heavy atom. The van der Waals surface area contributed by atoms with E-state index in [4.69, 9.17) is 4.74 Å². The summed E-state index contributed by atoms with van der Waals surface area (Å²) in [6.45, 7) is 0.504. The maximum atomic E-state index is 11.4. The lowest BCUT2D eigenvalue weighted by Crippen LogP contribution is -2.21. The van der Waals surface area contributed by atoms with Crippen molar-refractivity contribution in [1.29, 1.82) is 0 Å². The smallest absolute Gasteiger partial charge is 0.222 e. The predicted molar refractivity (Wildman–Crippen MR) is 79.0 cm³/mol. The Morgan fingerprint density at radius 2 is 1.90 bits per heavy atom. The number of nitrogens with zero attached hydrogens (tertiary/aromatic N) is 1. The number of hydrogen-bond acceptors (Lipinski definition) is 3. The molecule has 4 nitrogen and oxygen atoms in total. The zero-order valence-corrected chi connectivity index (χ0v) is 11.8. The first-order chi connectivity index (χ1) is 9.56. The molecule has 2 aromatic rings. The maximum absolute atomic E-state index is 11.4. The zero-order chi connectivity index (χ0) is 14.5. The summed E-state index contributed by atoms with van der Waals surface area (Å²) in [5.41, 5.74) is 0. The van der Waals surface area contributed by atoms with E-state index in [-0.39, 0.29) is 11.7 Å². The molecule has 4 heteroatoms. The summed E-state index contributed by atoms with van der Waals surface area (Å²) in [5, 5.41) is 11.5. The van der Waals surface area contributed by atoms with E-state index < -0.39 is 0 Å². The summed E-state index contributed by atoms with van der Waals surface area (Å²) in [7, 11) is 3.50. The van der Waals surface area contributed by atoms with Crippen LogP contribution in [-0.4, -0.2) is 36.6 Å². The van der Waals surface area contributed by atoms with Crippen LogP contribution < -0.4 is 4.74 Å². The van der Waals surface area contributed by atoms with Gasteiger partial charge in [0.1, 0.15) is 11.5 Å². The first kappa shape index (κ1) is 14.2. The molecule has 2 rings (SSSR count). The number of phenolic OH excluding ortho intramolecular Hbond substituents is 1. The molecule has 0 aromatic heterocycles. The molecule has 0 aliphatic rings. The number of amides is 1. The molecular weight excluding hydrogens is 254 g/mol. The fourth-order valence-electron chi connectivity index (χ4n) is 1.94. The molecule has 1 amide bonds. The largest absolute Gasteiger partial charge is 0.508 e. The van der Waals surface area contributed by atoms with Gasteiger partial charge in [0.05, 0.1) is 6.61 Å². The van der Waals surface area contributed by atoms with Crippen LogP contribution in [0.5, 0.6) is 11.5 Å². The Hall–Kier alpha value is -2.23. The molecule has 1 N–H and O–H groups in total. The average molecular weight is 273 g/mol. The van der Waals surface area contributed by atoms with Crippen molar-refractivity contribution in [2.24, 2.45) is 0 Å². The lowest BCUT2D eigenvalue weighted by molar-refractivity contribution is -0.128. The fraction of sp³-hybridized carbons (Fsp3) is 0.312. The minimum Gasteiger partial charge on any atom is -0.508 e. The summed E-state index contributed by atoms with van der Waals surface area (Å²) in [6, 6.07) is 11.0. The molecular formula is C16H19NO3. The van der Waals surface area contributed by atoms with Crippen LogP contribution in [0.4, 0.5) is 0 Å². The second-order valence-electron chi connectivity index (χ2n) is 4.93. The quantitative estimate of drug-likeness (QED) is 0.852. The van der Waals surface area contributed by atoms with E-state index in [0.29, 0.717) is 19.4 Å². The van der Waals surface area contributed by atoms with E-state index in [2.05, 4.69) is 0 Å². The molecule has 0 saturated carbocycles. The van der Waals surface area contributed by atoms with Crippen molar-refractivity contribution in [3.8, 4) is 11.5 Å². The average Bonchev–Trinajstić information content (AvgIpc) is 2.42. The van der Waals surface area contributed by atoms with Gasteiger partial charge >= 0.3 is 0 Å². The van der Waals surface area contributed by atoms with Crippen molar-refractivity contribution in [2.75, 3.05) is 20.7 Å². The molecule has 0 spiro atoms. The molecule has 0 heterocycles. The van der Waals surface area contributed by atoms with Gasteiger partial charge in [0.25, 0.3) is 0 Å². The Balaban J connectivity index is 1.92. The second kappa shape index (κ2) is 6.28. The monoisotopic (exact) mass is 273 g/mol. The van der Waals surface area contributed by atoms with Crippen LogP contribution in [0.25, 0.3) is 10.8 Å². The summed E-state index contributed by atoms with van der Waals surface area (Å²) < 4.78 is 5.63. The van der Waals surface area contributed by atoms with E-state index in [1.807, 2.05) is 24.3 Å². The van der Waals surface area contributed by atoms with Crippen molar-refractivity contribution in [1.82, 2.24) is 4.90 Å². The van der Waals surface area contributed by atoms with E-state index in [1.54, 1.807) is 31.1 Å². The van der Waals surface area contributed by atoms with Gasteiger partial charge in [-0.3, -0.25) is 4.79 Å². The highest BCUT2D eigenvalue weighted by Gasteiger charge is 2.04. The van der Waals surface area contributed by atoms with Crippen molar-refractivity contribution >= 4 is 16.7 Å². The van der Waals surface area contributed by atoms with Gasteiger partial charge in [-0.1, -0.05) is 12.1 Å². The molecule has 0 aliphatic heterocycles. The van der Waals surface area contributed by atoms with Crippen LogP contribution in [0.1, 0.15) is 12.8 Å². The van der Waals surface area contributed by atoms with Crippen molar-refractivity contribution in [3.63, 3.8) is 0 Å². The Labute approximate surface area is 118 Å². The number of aromatic hydroxyl groups is 1. The Bertz CT molecular complexity index is 608. The van der Waals surface area contributed by atoms with Crippen molar-refractivity contribution in [2.45, 2.75) is 12.8 Å². The molecule has 2 aromatic carbocycles. The van der Waals surface area contributed by atoms with Crippen LogP contribution >= 0.6 is 0 Å². The second-order valence-corrected chi connectivity index (χ2v) is 4.93. The Kier molecular flexibility index (Phi) is 4.45. The van der Waals surface area contributed by atoms with Crippen LogP contribution in [-0.2, 0) is 4.79 Å². The van der Waals surface area contributed by atoms with Gasteiger partial charge in [-0.15, -0.1) is 0 Å². The van der Waals surface area contributed by atoms with Gasteiger partial charge in [-0.2, -0.15) is 0 Å². The number of benzene rings is 2. The number of rotatable bonds is 5. The molecule has 106 valence electrons. The van der Waals surface area contributed by atoms with Crippen LogP contribution in [0, 0.1) is 0 Å². The summed E-state index contributed by atoms with van der Waals surface area (Å²) in [5.74, 6) is 1.10. The summed E-state index contributed by atoms with van der Waals surface area (Å²) in [6.07, 6.45) is 1.18. The maximum Gasteiger partial charge on any atom is 0.222 e. The van der Waals surface area contributed by atoms with E-state index in [0.717, 1.165) is 16.5 Å². The lowest BCUT2D eigenvalue weighted by atomic mass is 10.1. The number of carbonyl (C=O) groups excluding carboxylic acids is 1. The molecule has 0 radical (unpaired) electrons. The Morgan fingerprint density at radius 3 is 2.65 bits per heavy atom. The summed E-state index contributed by atoms with van der Waals surface area (Å²) >= 11 is 0. The van der Waals surface area contributed by atoms with Gasteiger partial charge in [0.2, 0.25) is 5.91 Å². The first-order valence-electron chi connectivity index (χ1n) is 6.62. The van der Waals surface area contributed by atoms with Crippen LogP contribution in [0.15, 0.2) is 36.4 Å². The van der Waals surface area contributed by atoms with Gasteiger partial charge in [0, 0.05) is 20.5 Å². The standard InChI is InChI=1S/C16H19NO3/c1-17(2)16(19)4-3-9-20-15-8-6-12-5-7-14(18)10-13(12)11-15/h5-8,10-11,18H,3-4,9H2,1-2H3. The molecule has 0 fully saturated rings. The van der Waals surface area contributed by atoms with Gasteiger partial charge in [0.15, 0.2) is 0 Å². The minimum atomic E-state index is 0.108. The number of ether oxygens (including phenoxy) is 1. The highest BCUT2D eigenvalue weighted by molar-refractivity contribution is 5.85. The third kappa shape index (κ3) is 3.63. The first-order valence-corrected chi connectivity index (χ1v) is 6.62. The number of fused-ring (bicyclic) bond motifs is 1. The molecule has 0 saturated heterocycles. The van der Waals surface area contributed by atoms with Crippen LogP contribution in [0.2, 0.25) is 0 Å². The van der Waals surface area contributed by atoms with E-state index >= 15 is 0 Å². The number of carbonyl (C=O) groups is 1. The highest BCUT2D eigenvalue weighted by Crippen LogP contribution is 2.24. The van der Waals surface area contributed by atoms with Gasteiger partial charge < -0.3 is 14.7 Å². The number of hydrogen-bond donors (Lipinski definition) is 1. The zero-order valence-electron chi connectivity index (χ0n) is 11.8. The third-order valence-corrected chi connectivity index (χ3v) is 3.10. The van der Waals surface area contributed by atoms with E-state index in [1.165, 1.54) is 0 Å². The van der Waals surface area contributed by atoms with Gasteiger partial charge in [-0.05, 0) is 41.5 Å². The molecule has 0 atom stereocenters. The summed E-state index contributed by atoms with van der Waals surface area (Å²) in [4.78, 5) is 13.0. The third-order valence-electron chi connectivity index (χ3n) is 3.10. The fourth-order valence-corrected chi connectivity index (χ4v) is 1.94. The number of phenols is 1. The SMILES string of the molecule is CN(C)C(=O)CCCOc1ccc2ccc(O)cc2c1. The van der Waals surface area contributed by atoms with E-state index in [9.17, 15) is 9.90 Å². The van der Waals surface area contributed by atoms with Crippen molar-refractivity contribution in [3.05, 3.63) is 36.4 Å². The normalized spacial score (nSPS) is 10.5. The highest BCUT2D eigenvalue weighted by atomic mass is 16.5. The topological polar surface area (TPSA) is 49.8 Å². The molecule has 0 bridgehead atoms. The lowest BCUT2D eigenvalue weighted by Gasteiger charge is -2.10. The molecule has 0 unspecified atom stereocenters. The van der Waals surface area contributed by atoms with Gasteiger partial charge in [-0.25, -0.2) is 0 Å². The predicted octanol–water partition coefficient (Wildman–Crippen LogP) is 2.79. The van der Waals surface area contributed by atoms with Crippen LogP contribution in [0.3, 0.4) is 0 Å². The minimum absolute atomic E-state index is 0.108. The molecule has 0 aliphatic carbocycles. The van der Waals surface area contributed by atoms with Crippen molar-refractivity contribution < 1.29 is 14.6 Å². The molecule has 20 heavy (non-hydrogen) atoms.